The lowest BCUT2D eigenvalue weighted by Gasteiger charge is -2.18. The fraction of sp³-hybridized carbons (Fsp3) is 0.261. The van der Waals surface area contributed by atoms with Gasteiger partial charge in [0, 0.05) is 34.2 Å². The molecule has 150 valence electrons. The summed E-state index contributed by atoms with van der Waals surface area (Å²) in [6, 6.07) is 14.8. The van der Waals surface area contributed by atoms with Crippen molar-refractivity contribution >= 4 is 28.3 Å². The van der Waals surface area contributed by atoms with Crippen molar-refractivity contribution in [3.63, 3.8) is 0 Å². The minimum atomic E-state index is -0.738. The predicted molar refractivity (Wildman–Crippen MR) is 111 cm³/mol. The second-order valence-electron chi connectivity index (χ2n) is 7.86. The summed E-state index contributed by atoms with van der Waals surface area (Å²) >= 11 is 0. The number of Topliss-reactive ketones (excluding diaryl/α,β-unsaturated/α-hetero) is 1. The standard InChI is InChI=1S/C23H23NO5/c1-14(28-18-11-7-15-8-12-20(25)29-19(15)13-18)21(26)16-5-9-17(10-6-16)24-22(27)23(2,3)4/h5-14H,1-4H3,(H,24,27)/t14-/m1/s1. The second-order valence-corrected chi connectivity index (χ2v) is 7.86. The number of ether oxygens (including phenoxy) is 1. The maximum atomic E-state index is 12.7. The maximum Gasteiger partial charge on any atom is 0.336 e. The van der Waals surface area contributed by atoms with Crippen molar-refractivity contribution in [2.45, 2.75) is 33.8 Å². The molecule has 1 atom stereocenters. The number of ketones is 1. The first-order valence-corrected chi connectivity index (χ1v) is 9.30. The molecule has 3 rings (SSSR count). The fourth-order valence-corrected chi connectivity index (χ4v) is 2.64. The molecule has 6 heteroatoms. The number of rotatable bonds is 5. The van der Waals surface area contributed by atoms with Gasteiger partial charge < -0.3 is 14.5 Å². The number of hydrogen-bond donors (Lipinski definition) is 1. The average Bonchev–Trinajstić information content (AvgIpc) is 2.67. The molecule has 0 fully saturated rings. The number of anilines is 1. The van der Waals surface area contributed by atoms with Crippen LogP contribution in [0, 0.1) is 5.41 Å². The van der Waals surface area contributed by atoms with Gasteiger partial charge in [-0.2, -0.15) is 0 Å². The first-order valence-electron chi connectivity index (χ1n) is 9.30. The second kappa shape index (κ2) is 7.91. The third-order valence-corrected chi connectivity index (χ3v) is 4.39. The molecule has 0 bridgehead atoms. The highest BCUT2D eigenvalue weighted by molar-refractivity contribution is 6.00. The Morgan fingerprint density at radius 3 is 2.31 bits per heavy atom. The van der Waals surface area contributed by atoms with Crippen molar-refractivity contribution in [3.8, 4) is 5.75 Å². The van der Waals surface area contributed by atoms with Crippen molar-refractivity contribution in [3.05, 3.63) is 70.6 Å². The Balaban J connectivity index is 1.70. The molecule has 1 amide bonds. The molecular weight excluding hydrogens is 370 g/mol. The summed E-state index contributed by atoms with van der Waals surface area (Å²) < 4.78 is 10.9. The smallest absolute Gasteiger partial charge is 0.336 e. The van der Waals surface area contributed by atoms with E-state index in [1.54, 1.807) is 55.5 Å². The largest absolute Gasteiger partial charge is 0.482 e. The summed E-state index contributed by atoms with van der Waals surface area (Å²) in [5, 5.41) is 3.59. The number of fused-ring (bicyclic) bond motifs is 1. The Hall–Kier alpha value is -3.41. The molecule has 0 unspecified atom stereocenters. The van der Waals surface area contributed by atoms with Crippen molar-refractivity contribution in [1.82, 2.24) is 0 Å². The zero-order valence-electron chi connectivity index (χ0n) is 16.8. The van der Waals surface area contributed by atoms with Gasteiger partial charge in [-0.1, -0.05) is 20.8 Å². The quantitative estimate of drug-likeness (QED) is 0.512. The Bertz CT molecular complexity index is 1110. The van der Waals surface area contributed by atoms with Crippen LogP contribution in [0.3, 0.4) is 0 Å². The van der Waals surface area contributed by atoms with Gasteiger partial charge in [0.05, 0.1) is 0 Å². The van der Waals surface area contributed by atoms with Gasteiger partial charge in [0.2, 0.25) is 11.7 Å². The Labute approximate surface area is 168 Å². The van der Waals surface area contributed by atoms with Crippen molar-refractivity contribution in [1.29, 1.82) is 0 Å². The van der Waals surface area contributed by atoms with Crippen LogP contribution in [-0.2, 0) is 4.79 Å². The van der Waals surface area contributed by atoms with Crippen LogP contribution in [-0.4, -0.2) is 17.8 Å². The molecule has 2 aromatic carbocycles. The Kier molecular flexibility index (Phi) is 5.55. The van der Waals surface area contributed by atoms with Crippen LogP contribution in [0.5, 0.6) is 5.75 Å². The first kappa shape index (κ1) is 20.3. The molecular formula is C23H23NO5. The average molecular weight is 393 g/mol. The summed E-state index contributed by atoms with van der Waals surface area (Å²) in [6.07, 6.45) is -0.738. The van der Waals surface area contributed by atoms with Gasteiger partial charge in [-0.25, -0.2) is 4.79 Å². The molecule has 1 heterocycles. The van der Waals surface area contributed by atoms with E-state index in [2.05, 4.69) is 5.32 Å². The first-order chi connectivity index (χ1) is 13.6. The van der Waals surface area contributed by atoms with E-state index in [4.69, 9.17) is 9.15 Å². The molecule has 0 spiro atoms. The zero-order valence-corrected chi connectivity index (χ0v) is 16.8. The van der Waals surface area contributed by atoms with E-state index in [1.165, 1.54) is 6.07 Å². The van der Waals surface area contributed by atoms with Gasteiger partial charge in [-0.05, 0) is 49.4 Å². The van der Waals surface area contributed by atoms with E-state index in [1.807, 2.05) is 20.8 Å². The number of benzene rings is 2. The molecule has 0 aliphatic carbocycles. The van der Waals surface area contributed by atoms with Crippen LogP contribution in [0.1, 0.15) is 38.1 Å². The van der Waals surface area contributed by atoms with Crippen molar-refractivity contribution < 1.29 is 18.7 Å². The monoisotopic (exact) mass is 393 g/mol. The molecule has 3 aromatic rings. The van der Waals surface area contributed by atoms with E-state index in [0.717, 1.165) is 5.39 Å². The molecule has 0 radical (unpaired) electrons. The molecule has 29 heavy (non-hydrogen) atoms. The normalized spacial score (nSPS) is 12.4. The molecule has 0 saturated heterocycles. The molecule has 6 nitrogen and oxygen atoms in total. The maximum absolute atomic E-state index is 12.7. The van der Waals surface area contributed by atoms with Crippen LogP contribution in [0.4, 0.5) is 5.69 Å². The number of carbonyl (C=O) groups excluding carboxylic acids is 2. The lowest BCUT2D eigenvalue weighted by Crippen LogP contribution is -2.27. The number of hydrogen-bond acceptors (Lipinski definition) is 5. The van der Waals surface area contributed by atoms with Gasteiger partial charge in [-0.3, -0.25) is 9.59 Å². The van der Waals surface area contributed by atoms with Crippen LogP contribution in [0.2, 0.25) is 0 Å². The Morgan fingerprint density at radius 1 is 1.00 bits per heavy atom. The SMILES string of the molecule is C[C@@H](Oc1ccc2ccc(=O)oc2c1)C(=O)c1ccc(NC(=O)C(C)(C)C)cc1. The fourth-order valence-electron chi connectivity index (χ4n) is 2.64. The minimum Gasteiger partial charge on any atom is -0.482 e. The third-order valence-electron chi connectivity index (χ3n) is 4.39. The topological polar surface area (TPSA) is 85.6 Å². The van der Waals surface area contributed by atoms with Crippen molar-refractivity contribution in [2.24, 2.45) is 5.41 Å². The van der Waals surface area contributed by atoms with E-state index < -0.39 is 17.1 Å². The van der Waals surface area contributed by atoms with Crippen LogP contribution in [0.25, 0.3) is 11.0 Å². The van der Waals surface area contributed by atoms with E-state index in [9.17, 15) is 14.4 Å². The highest BCUT2D eigenvalue weighted by atomic mass is 16.5. The summed E-state index contributed by atoms with van der Waals surface area (Å²) in [6.45, 7) is 7.15. The lowest BCUT2D eigenvalue weighted by molar-refractivity contribution is -0.123. The van der Waals surface area contributed by atoms with E-state index >= 15 is 0 Å². The number of carbonyl (C=O) groups is 2. The highest BCUT2D eigenvalue weighted by Gasteiger charge is 2.22. The predicted octanol–water partition coefficient (Wildman–Crippen LogP) is 4.43. The zero-order chi connectivity index (χ0) is 21.2. The molecule has 0 saturated carbocycles. The summed E-state index contributed by atoms with van der Waals surface area (Å²) in [5.74, 6) is 0.131. The molecule has 1 N–H and O–H groups in total. The summed E-state index contributed by atoms with van der Waals surface area (Å²) in [5.41, 5.74) is 0.541. The Morgan fingerprint density at radius 2 is 1.66 bits per heavy atom. The molecule has 1 aromatic heterocycles. The summed E-state index contributed by atoms with van der Waals surface area (Å²) in [4.78, 5) is 36.1. The minimum absolute atomic E-state index is 0.101. The van der Waals surface area contributed by atoms with Gasteiger partial charge in [0.15, 0.2) is 6.10 Å². The molecule has 0 aliphatic heterocycles. The highest BCUT2D eigenvalue weighted by Crippen LogP contribution is 2.22. The molecule has 0 aliphatic rings. The lowest BCUT2D eigenvalue weighted by atomic mass is 9.95. The van der Waals surface area contributed by atoms with E-state index in [0.29, 0.717) is 22.6 Å². The van der Waals surface area contributed by atoms with Gasteiger partial charge in [-0.15, -0.1) is 0 Å². The number of amides is 1. The van der Waals surface area contributed by atoms with Gasteiger partial charge in [0.1, 0.15) is 11.3 Å². The van der Waals surface area contributed by atoms with Crippen LogP contribution < -0.4 is 15.7 Å². The summed E-state index contributed by atoms with van der Waals surface area (Å²) in [7, 11) is 0. The van der Waals surface area contributed by atoms with Crippen LogP contribution >= 0.6 is 0 Å². The van der Waals surface area contributed by atoms with E-state index in [-0.39, 0.29) is 11.7 Å². The van der Waals surface area contributed by atoms with Crippen LogP contribution in [0.15, 0.2) is 63.8 Å². The number of nitrogens with one attached hydrogen (secondary N) is 1. The van der Waals surface area contributed by atoms with Crippen molar-refractivity contribution in [2.75, 3.05) is 5.32 Å². The van der Waals surface area contributed by atoms with Gasteiger partial charge >= 0.3 is 5.63 Å². The third kappa shape index (κ3) is 4.90. The van der Waals surface area contributed by atoms with Gasteiger partial charge in [0.25, 0.3) is 0 Å².